The molecule has 2 aromatic rings. The van der Waals surface area contributed by atoms with Crippen LogP contribution in [0.2, 0.25) is 0 Å². The van der Waals surface area contributed by atoms with Crippen LogP contribution in [0, 0.1) is 12.8 Å². The van der Waals surface area contributed by atoms with Crippen molar-refractivity contribution in [2.75, 3.05) is 20.2 Å². The van der Waals surface area contributed by atoms with E-state index in [9.17, 15) is 4.79 Å². The third-order valence-corrected chi connectivity index (χ3v) is 6.08. The van der Waals surface area contributed by atoms with Gasteiger partial charge in [0.25, 0.3) is 5.91 Å². The fourth-order valence-corrected chi connectivity index (χ4v) is 4.53. The summed E-state index contributed by atoms with van der Waals surface area (Å²) in [5.41, 5.74) is 8.15. The van der Waals surface area contributed by atoms with Crippen molar-refractivity contribution < 1.29 is 9.53 Å². The maximum Gasteiger partial charge on any atom is 0.264 e. The lowest BCUT2D eigenvalue weighted by Gasteiger charge is -2.37. The average Bonchev–Trinajstić information content (AvgIpc) is 3.02. The molecule has 0 aliphatic carbocycles. The molecule has 2 unspecified atom stereocenters. The average molecular weight is 395 g/mol. The highest BCUT2D eigenvalue weighted by molar-refractivity contribution is 7.14. The van der Waals surface area contributed by atoms with Gasteiger partial charge in [-0.15, -0.1) is 23.7 Å². The number of halogens is 1. The SMILES string of the molecule is COc1ccc(-c2cc(C(=O)N3CCC(C)CC3CN)sc2C)cc1.Cl. The van der Waals surface area contributed by atoms with E-state index in [1.54, 1.807) is 18.4 Å². The molecule has 0 radical (unpaired) electrons. The molecule has 142 valence electrons. The van der Waals surface area contributed by atoms with Crippen molar-refractivity contribution >= 4 is 29.7 Å². The van der Waals surface area contributed by atoms with Crippen LogP contribution in [0.4, 0.5) is 0 Å². The van der Waals surface area contributed by atoms with Crippen LogP contribution in [0.25, 0.3) is 11.1 Å². The highest BCUT2D eigenvalue weighted by Crippen LogP contribution is 2.34. The lowest BCUT2D eigenvalue weighted by molar-refractivity contribution is 0.0578. The molecule has 6 heteroatoms. The monoisotopic (exact) mass is 394 g/mol. The van der Waals surface area contributed by atoms with Crippen molar-refractivity contribution in [3.63, 3.8) is 0 Å². The molecular weight excluding hydrogens is 368 g/mol. The van der Waals surface area contributed by atoms with E-state index in [0.29, 0.717) is 12.5 Å². The van der Waals surface area contributed by atoms with E-state index in [2.05, 4.69) is 13.8 Å². The third kappa shape index (κ3) is 4.22. The molecule has 2 N–H and O–H groups in total. The van der Waals surface area contributed by atoms with Gasteiger partial charge in [0.05, 0.1) is 12.0 Å². The van der Waals surface area contributed by atoms with Crippen LogP contribution in [0.15, 0.2) is 30.3 Å². The van der Waals surface area contributed by atoms with Crippen molar-refractivity contribution in [1.82, 2.24) is 4.90 Å². The van der Waals surface area contributed by atoms with Crippen LogP contribution < -0.4 is 10.5 Å². The van der Waals surface area contributed by atoms with Gasteiger partial charge >= 0.3 is 0 Å². The Bertz CT molecular complexity index is 745. The Balaban J connectivity index is 0.00000243. The number of piperidine rings is 1. The maximum absolute atomic E-state index is 13.0. The summed E-state index contributed by atoms with van der Waals surface area (Å²) in [5, 5.41) is 0. The summed E-state index contributed by atoms with van der Waals surface area (Å²) in [6.07, 6.45) is 2.05. The molecule has 3 rings (SSSR count). The first kappa shape index (κ1) is 20.7. The Morgan fingerprint density at radius 1 is 1.35 bits per heavy atom. The van der Waals surface area contributed by atoms with E-state index < -0.39 is 0 Å². The van der Waals surface area contributed by atoms with E-state index in [0.717, 1.165) is 46.0 Å². The number of rotatable bonds is 4. The number of thiophene rings is 1. The number of carbonyl (C=O) groups is 1. The minimum absolute atomic E-state index is 0. The summed E-state index contributed by atoms with van der Waals surface area (Å²) in [5.74, 6) is 1.59. The number of nitrogens with zero attached hydrogens (tertiary/aromatic N) is 1. The second-order valence-corrected chi connectivity index (χ2v) is 8.08. The van der Waals surface area contributed by atoms with Gasteiger partial charge in [0.1, 0.15) is 5.75 Å². The molecule has 0 bridgehead atoms. The molecule has 2 atom stereocenters. The fraction of sp³-hybridized carbons (Fsp3) is 0.450. The first-order valence-electron chi connectivity index (χ1n) is 8.79. The predicted octanol–water partition coefficient (Wildman–Crippen LogP) is 4.35. The lowest BCUT2D eigenvalue weighted by Crippen LogP contribution is -2.49. The van der Waals surface area contributed by atoms with E-state index in [1.165, 1.54) is 0 Å². The first-order chi connectivity index (χ1) is 12.0. The summed E-state index contributed by atoms with van der Waals surface area (Å²) in [6.45, 7) is 5.64. The number of benzene rings is 1. The van der Waals surface area contributed by atoms with Crippen molar-refractivity contribution in [2.24, 2.45) is 11.7 Å². The Kier molecular flexibility index (Phi) is 7.09. The van der Waals surface area contributed by atoms with Gasteiger partial charge in [0.15, 0.2) is 0 Å². The Hall–Kier alpha value is -1.56. The molecule has 26 heavy (non-hydrogen) atoms. The summed E-state index contributed by atoms with van der Waals surface area (Å²) < 4.78 is 5.22. The molecule has 4 nitrogen and oxygen atoms in total. The number of hydrogen-bond donors (Lipinski definition) is 1. The maximum atomic E-state index is 13.0. The molecule has 1 aliphatic rings. The van der Waals surface area contributed by atoms with Crippen LogP contribution in [-0.4, -0.2) is 37.0 Å². The molecule has 1 saturated heterocycles. The number of carbonyl (C=O) groups excluding carboxylic acids is 1. The second-order valence-electron chi connectivity index (χ2n) is 6.83. The van der Waals surface area contributed by atoms with E-state index in [1.807, 2.05) is 35.2 Å². The lowest BCUT2D eigenvalue weighted by atomic mass is 9.92. The van der Waals surface area contributed by atoms with Crippen LogP contribution in [-0.2, 0) is 0 Å². The van der Waals surface area contributed by atoms with Crippen molar-refractivity contribution in [3.05, 3.63) is 40.1 Å². The van der Waals surface area contributed by atoms with Crippen molar-refractivity contribution in [3.8, 4) is 16.9 Å². The number of nitrogens with two attached hydrogens (primary N) is 1. The van der Waals surface area contributed by atoms with Gasteiger partial charge in [0.2, 0.25) is 0 Å². The van der Waals surface area contributed by atoms with Crippen molar-refractivity contribution in [1.29, 1.82) is 0 Å². The highest BCUT2D eigenvalue weighted by Gasteiger charge is 2.30. The summed E-state index contributed by atoms with van der Waals surface area (Å²) >= 11 is 1.57. The minimum Gasteiger partial charge on any atom is -0.497 e. The Labute approximate surface area is 165 Å². The largest absolute Gasteiger partial charge is 0.497 e. The number of ether oxygens (including phenoxy) is 1. The van der Waals surface area contributed by atoms with Crippen LogP contribution >= 0.6 is 23.7 Å². The van der Waals surface area contributed by atoms with Crippen LogP contribution in [0.5, 0.6) is 5.75 Å². The molecule has 1 aliphatic heterocycles. The Morgan fingerprint density at radius 3 is 2.65 bits per heavy atom. The van der Waals surface area contributed by atoms with Crippen LogP contribution in [0.3, 0.4) is 0 Å². The minimum atomic E-state index is 0. The quantitative estimate of drug-likeness (QED) is 0.838. The van der Waals surface area contributed by atoms with E-state index >= 15 is 0 Å². The van der Waals surface area contributed by atoms with Gasteiger partial charge in [-0.05, 0) is 55.0 Å². The summed E-state index contributed by atoms with van der Waals surface area (Å²) in [7, 11) is 1.66. The van der Waals surface area contributed by atoms with E-state index in [-0.39, 0.29) is 24.4 Å². The molecule has 1 fully saturated rings. The number of methoxy groups -OCH3 is 1. The Morgan fingerprint density at radius 2 is 2.04 bits per heavy atom. The molecule has 0 saturated carbocycles. The topological polar surface area (TPSA) is 55.6 Å². The molecular formula is C20H27ClN2O2S. The predicted molar refractivity (Wildman–Crippen MR) is 111 cm³/mol. The van der Waals surface area contributed by atoms with Crippen molar-refractivity contribution in [2.45, 2.75) is 32.7 Å². The molecule has 1 aromatic carbocycles. The number of amides is 1. The number of likely N-dealkylation sites (tertiary alicyclic amines) is 1. The van der Waals surface area contributed by atoms with Crippen LogP contribution in [0.1, 0.15) is 34.3 Å². The van der Waals surface area contributed by atoms with Gasteiger partial charge < -0.3 is 15.4 Å². The van der Waals surface area contributed by atoms with Gasteiger partial charge in [-0.25, -0.2) is 0 Å². The van der Waals surface area contributed by atoms with Gasteiger partial charge in [0, 0.05) is 24.0 Å². The normalized spacial score (nSPS) is 19.8. The molecule has 0 spiro atoms. The first-order valence-corrected chi connectivity index (χ1v) is 9.61. The zero-order chi connectivity index (χ0) is 18.0. The summed E-state index contributed by atoms with van der Waals surface area (Å²) in [6, 6.07) is 10.1. The third-order valence-electron chi connectivity index (χ3n) is 5.04. The highest BCUT2D eigenvalue weighted by atomic mass is 35.5. The standard InChI is InChI=1S/C20H26N2O2S.ClH/c1-13-8-9-22(16(10-13)12-21)20(23)19-11-18(14(2)25-19)15-4-6-17(24-3)7-5-15;/h4-7,11,13,16H,8-10,12,21H2,1-3H3;1H. The van der Waals surface area contributed by atoms with Gasteiger partial charge in [-0.3, -0.25) is 4.79 Å². The number of hydrogen-bond acceptors (Lipinski definition) is 4. The fourth-order valence-electron chi connectivity index (χ4n) is 3.53. The second kappa shape index (κ2) is 8.89. The number of aryl methyl sites for hydroxylation is 1. The zero-order valence-corrected chi connectivity index (χ0v) is 17.2. The molecule has 1 amide bonds. The summed E-state index contributed by atoms with van der Waals surface area (Å²) in [4.78, 5) is 17.0. The molecule has 1 aromatic heterocycles. The van der Waals surface area contributed by atoms with Gasteiger partial charge in [-0.2, -0.15) is 0 Å². The van der Waals surface area contributed by atoms with E-state index in [4.69, 9.17) is 10.5 Å². The zero-order valence-electron chi connectivity index (χ0n) is 15.5. The smallest absolute Gasteiger partial charge is 0.264 e. The molecule has 2 heterocycles. The van der Waals surface area contributed by atoms with Gasteiger partial charge in [-0.1, -0.05) is 19.1 Å².